The number of ether oxygens (including phenoxy) is 1. The van der Waals surface area contributed by atoms with Gasteiger partial charge in [-0.3, -0.25) is 14.4 Å². The van der Waals surface area contributed by atoms with Crippen molar-refractivity contribution in [2.75, 3.05) is 37.8 Å². The van der Waals surface area contributed by atoms with Crippen molar-refractivity contribution < 1.29 is 23.9 Å². The molecule has 5 aromatic carbocycles. The Kier molecular flexibility index (Phi) is 10.6. The summed E-state index contributed by atoms with van der Waals surface area (Å²) < 4.78 is 6.12. The third-order valence-corrected chi connectivity index (χ3v) is 11.3. The van der Waals surface area contributed by atoms with Gasteiger partial charge in [0.05, 0.1) is 36.5 Å². The Labute approximate surface area is 338 Å². The van der Waals surface area contributed by atoms with Crippen LogP contribution in [0.25, 0.3) is 21.0 Å². The second-order valence-electron chi connectivity index (χ2n) is 14.0. The molecule has 14 nitrogen and oxygen atoms in total. The maximum absolute atomic E-state index is 14.5. The second kappa shape index (κ2) is 16.2. The maximum Gasteiger partial charge on any atom is 0.333 e. The molecule has 2 atom stereocenters. The predicted molar refractivity (Wildman–Crippen MR) is 220 cm³/mol. The molecule has 2 aliphatic rings. The van der Waals surface area contributed by atoms with Crippen LogP contribution >= 0.6 is 11.3 Å². The fourth-order valence-electron chi connectivity index (χ4n) is 7.67. The molecule has 1 unspecified atom stereocenters. The smallest absolute Gasteiger partial charge is 0.333 e. The SMILES string of the molecule is COc1ccc(CNC(=O)N(CC#N)N2CC(=O)N3C2CN(Cc2cccc4sc(N)nc24)C(=O)[C@@H]3Cc2ccc(NC(=O)c3cccc4ccccc34)cc2)cc1. The molecule has 292 valence electrons. The molecule has 0 saturated carbocycles. The quantitative estimate of drug-likeness (QED) is 0.146. The maximum atomic E-state index is 14.5. The lowest BCUT2D eigenvalue weighted by Gasteiger charge is -2.46. The molecule has 15 heteroatoms. The average molecular weight is 794 g/mol. The van der Waals surface area contributed by atoms with Crippen LogP contribution < -0.4 is 21.1 Å². The second-order valence-corrected chi connectivity index (χ2v) is 15.1. The lowest BCUT2D eigenvalue weighted by Crippen LogP contribution is -2.66. The Morgan fingerprint density at radius 1 is 0.966 bits per heavy atom. The van der Waals surface area contributed by atoms with E-state index in [4.69, 9.17) is 10.5 Å². The highest BCUT2D eigenvalue weighted by Gasteiger charge is 2.52. The fourth-order valence-corrected chi connectivity index (χ4v) is 8.46. The first-order valence-corrected chi connectivity index (χ1v) is 19.5. The zero-order valence-electron chi connectivity index (χ0n) is 31.5. The minimum atomic E-state index is -0.932. The molecule has 6 aromatic rings. The molecule has 1 aromatic heterocycles. The number of carbonyl (C=O) groups excluding carboxylic acids is 4. The third kappa shape index (κ3) is 7.58. The standard InChI is InChI=1S/C43H39N9O5S/c1-57-32-18-14-28(15-19-32)23-46-43(56)50(21-20-44)51-26-38(53)52-35(41(55)49(25-37(51)52)24-30-8-5-11-36-39(30)48-42(45)58-36)22-27-12-16-31(17-13-27)47-40(54)34-10-4-7-29-6-2-3-9-33(29)34/h2-19,35,37H,21-26H2,1H3,(H2,45,48)(H,46,56)(H,47,54)/t35-,37?/m0/s1. The van der Waals surface area contributed by atoms with Crippen molar-refractivity contribution in [3.8, 4) is 11.8 Å². The number of nitrogens with two attached hydrogens (primary N) is 1. The van der Waals surface area contributed by atoms with Crippen LogP contribution in [0, 0.1) is 11.3 Å². The molecule has 0 radical (unpaired) electrons. The minimum Gasteiger partial charge on any atom is -0.497 e. The highest BCUT2D eigenvalue weighted by atomic mass is 32.1. The topological polar surface area (TPSA) is 177 Å². The Hall–Kier alpha value is -7.02. The molecular formula is C43H39N9O5S. The number of anilines is 2. The summed E-state index contributed by atoms with van der Waals surface area (Å²) in [5.74, 6) is -0.185. The van der Waals surface area contributed by atoms with Gasteiger partial charge in [0, 0.05) is 30.8 Å². The van der Waals surface area contributed by atoms with E-state index in [1.54, 1.807) is 47.4 Å². The number of hydrogen-bond donors (Lipinski definition) is 3. The van der Waals surface area contributed by atoms with Gasteiger partial charge in [-0.2, -0.15) is 10.3 Å². The van der Waals surface area contributed by atoms with Crippen LogP contribution in [-0.2, 0) is 29.1 Å². The normalized spacial score (nSPS) is 16.6. The highest BCUT2D eigenvalue weighted by molar-refractivity contribution is 7.22. The fraction of sp³-hybridized carbons (Fsp3) is 0.209. The first-order chi connectivity index (χ1) is 28.2. The number of piperazine rings is 1. The molecule has 2 saturated heterocycles. The zero-order valence-corrected chi connectivity index (χ0v) is 32.3. The Bertz CT molecular complexity index is 2570. The largest absolute Gasteiger partial charge is 0.497 e. The number of thiazole rings is 1. The van der Waals surface area contributed by atoms with E-state index in [9.17, 15) is 24.4 Å². The summed E-state index contributed by atoms with van der Waals surface area (Å²) in [5.41, 5.74) is 10.2. The van der Waals surface area contributed by atoms with Gasteiger partial charge in [-0.1, -0.05) is 84.1 Å². The minimum absolute atomic E-state index is 0.0733. The van der Waals surface area contributed by atoms with Crippen LogP contribution in [0.4, 0.5) is 15.6 Å². The number of nitrogens with zero attached hydrogens (tertiary/aromatic N) is 6. The number of nitrogens with one attached hydrogen (secondary N) is 2. The summed E-state index contributed by atoms with van der Waals surface area (Å²) in [6.45, 7) is -0.105. The number of rotatable bonds is 11. The molecule has 3 heterocycles. The van der Waals surface area contributed by atoms with Gasteiger partial charge in [0.15, 0.2) is 5.13 Å². The summed E-state index contributed by atoms with van der Waals surface area (Å²) in [6.07, 6.45) is -0.590. The molecule has 2 aliphatic heterocycles. The summed E-state index contributed by atoms with van der Waals surface area (Å²) in [5, 5.41) is 20.7. The van der Waals surface area contributed by atoms with Gasteiger partial charge in [0.25, 0.3) is 5.91 Å². The van der Waals surface area contributed by atoms with E-state index in [1.165, 1.54) is 21.2 Å². The van der Waals surface area contributed by atoms with E-state index in [0.29, 0.717) is 27.6 Å². The van der Waals surface area contributed by atoms with Gasteiger partial charge in [-0.25, -0.2) is 14.8 Å². The molecule has 0 aliphatic carbocycles. The third-order valence-electron chi connectivity index (χ3n) is 10.5. The average Bonchev–Trinajstić information content (AvgIpc) is 3.79. The van der Waals surface area contributed by atoms with Gasteiger partial charge in [-0.15, -0.1) is 0 Å². The zero-order chi connectivity index (χ0) is 40.3. The van der Waals surface area contributed by atoms with Crippen LogP contribution in [0.5, 0.6) is 5.75 Å². The van der Waals surface area contributed by atoms with Crippen molar-refractivity contribution >= 4 is 66.9 Å². The number of fused-ring (bicyclic) bond motifs is 3. The summed E-state index contributed by atoms with van der Waals surface area (Å²) >= 11 is 1.36. The molecule has 0 bridgehead atoms. The van der Waals surface area contributed by atoms with Crippen LogP contribution in [0.3, 0.4) is 0 Å². The molecule has 4 N–H and O–H groups in total. The first-order valence-electron chi connectivity index (χ1n) is 18.6. The number of para-hydroxylation sites is 1. The Morgan fingerprint density at radius 3 is 2.48 bits per heavy atom. The molecule has 2 fully saturated rings. The summed E-state index contributed by atoms with van der Waals surface area (Å²) in [6, 6.07) is 34.0. The number of carbonyl (C=O) groups is 4. The molecule has 8 rings (SSSR count). The van der Waals surface area contributed by atoms with E-state index in [2.05, 4.69) is 21.7 Å². The number of benzene rings is 5. The van der Waals surface area contributed by atoms with Gasteiger partial charge < -0.3 is 30.9 Å². The van der Waals surface area contributed by atoms with Gasteiger partial charge in [0.1, 0.15) is 24.5 Å². The molecule has 58 heavy (non-hydrogen) atoms. The van der Waals surface area contributed by atoms with Crippen LogP contribution in [0.2, 0.25) is 0 Å². The van der Waals surface area contributed by atoms with Crippen molar-refractivity contribution in [1.29, 1.82) is 5.26 Å². The van der Waals surface area contributed by atoms with Crippen LogP contribution in [0.15, 0.2) is 109 Å². The number of hydrogen-bond acceptors (Lipinski definition) is 10. The summed E-state index contributed by atoms with van der Waals surface area (Å²) in [4.78, 5) is 63.4. The lowest BCUT2D eigenvalue weighted by atomic mass is 9.99. The Morgan fingerprint density at radius 2 is 1.71 bits per heavy atom. The lowest BCUT2D eigenvalue weighted by molar-refractivity contribution is -0.157. The van der Waals surface area contributed by atoms with E-state index in [-0.39, 0.29) is 56.9 Å². The Balaban J connectivity index is 1.06. The van der Waals surface area contributed by atoms with E-state index in [0.717, 1.165) is 32.2 Å². The van der Waals surface area contributed by atoms with Gasteiger partial charge >= 0.3 is 6.03 Å². The van der Waals surface area contributed by atoms with Gasteiger partial charge in [0.2, 0.25) is 11.8 Å². The predicted octanol–water partition coefficient (Wildman–Crippen LogP) is 5.37. The first kappa shape index (κ1) is 37.9. The highest BCUT2D eigenvalue weighted by Crippen LogP contribution is 2.33. The van der Waals surface area contributed by atoms with Crippen molar-refractivity contribution in [2.24, 2.45) is 0 Å². The van der Waals surface area contributed by atoms with E-state index >= 15 is 0 Å². The number of nitrogen functional groups attached to an aromatic ring is 1. The van der Waals surface area contributed by atoms with Crippen molar-refractivity contribution in [1.82, 2.24) is 30.1 Å². The van der Waals surface area contributed by atoms with Gasteiger partial charge in [-0.05, 0) is 63.9 Å². The molecule has 5 amide bonds. The number of aromatic nitrogens is 1. The van der Waals surface area contributed by atoms with E-state index in [1.807, 2.05) is 78.9 Å². The number of methoxy groups -OCH3 is 1. The van der Waals surface area contributed by atoms with E-state index < -0.39 is 18.2 Å². The van der Waals surface area contributed by atoms with Crippen LogP contribution in [-0.4, -0.2) is 87.5 Å². The summed E-state index contributed by atoms with van der Waals surface area (Å²) in [7, 11) is 1.57. The van der Waals surface area contributed by atoms with Crippen molar-refractivity contribution in [3.63, 3.8) is 0 Å². The number of nitriles is 1. The number of urea groups is 1. The number of hydrazine groups is 1. The monoisotopic (exact) mass is 793 g/mol. The number of amides is 5. The van der Waals surface area contributed by atoms with Crippen molar-refractivity contribution in [3.05, 3.63) is 131 Å². The van der Waals surface area contributed by atoms with Crippen molar-refractivity contribution in [2.45, 2.75) is 31.7 Å². The molecule has 0 spiro atoms. The van der Waals surface area contributed by atoms with Crippen LogP contribution in [0.1, 0.15) is 27.0 Å². The molecular weight excluding hydrogens is 755 g/mol.